The smallest absolute Gasteiger partial charge is 0.193 e. The van der Waals surface area contributed by atoms with Gasteiger partial charge in [-0.2, -0.15) is 0 Å². The van der Waals surface area contributed by atoms with E-state index in [1.807, 2.05) is 0 Å². The third-order valence-electron chi connectivity index (χ3n) is 3.98. The molecule has 1 aliphatic heterocycles. The molecule has 1 rings (SSSR count). The van der Waals surface area contributed by atoms with Gasteiger partial charge in [-0.15, -0.1) is 24.0 Å². The molecule has 23 heavy (non-hydrogen) atoms. The normalized spacial score (nSPS) is 18.1. The molecule has 1 N–H and O–H groups in total. The van der Waals surface area contributed by atoms with Crippen LogP contribution in [0.25, 0.3) is 0 Å². The van der Waals surface area contributed by atoms with Gasteiger partial charge in [-0.05, 0) is 19.8 Å². The van der Waals surface area contributed by atoms with Gasteiger partial charge in [0.05, 0.1) is 19.8 Å². The Balaban J connectivity index is 0.00000484. The second-order valence-electron chi connectivity index (χ2n) is 5.96. The van der Waals surface area contributed by atoms with Gasteiger partial charge in [0.1, 0.15) is 0 Å². The van der Waals surface area contributed by atoms with Crippen LogP contribution in [0.3, 0.4) is 0 Å². The van der Waals surface area contributed by atoms with Gasteiger partial charge in [0.2, 0.25) is 0 Å². The van der Waals surface area contributed by atoms with Gasteiger partial charge >= 0.3 is 0 Å². The van der Waals surface area contributed by atoms with E-state index in [-0.39, 0.29) is 24.0 Å². The number of nitrogens with zero attached hydrogens (tertiary/aromatic N) is 2. The Morgan fingerprint density at radius 2 is 2.04 bits per heavy atom. The molecule has 1 heterocycles. The molecule has 1 fully saturated rings. The first-order valence-electron chi connectivity index (χ1n) is 8.91. The Hall–Kier alpha value is -0.0800. The minimum absolute atomic E-state index is 0. The number of aliphatic imine (C=N–C) groups is 1. The van der Waals surface area contributed by atoms with Crippen LogP contribution in [0.15, 0.2) is 4.99 Å². The molecular weight excluding hydrogens is 405 g/mol. The minimum atomic E-state index is 0. The van der Waals surface area contributed by atoms with Gasteiger partial charge in [0, 0.05) is 39.2 Å². The average Bonchev–Trinajstić information content (AvgIpc) is 2.99. The van der Waals surface area contributed by atoms with Crippen LogP contribution in [-0.2, 0) is 9.47 Å². The van der Waals surface area contributed by atoms with Crippen LogP contribution in [0.2, 0.25) is 0 Å². The molecule has 0 aliphatic carbocycles. The van der Waals surface area contributed by atoms with Crippen molar-refractivity contribution in [2.45, 2.75) is 46.0 Å². The van der Waals surface area contributed by atoms with E-state index in [4.69, 9.17) is 14.5 Å². The summed E-state index contributed by atoms with van der Waals surface area (Å²) < 4.78 is 10.7. The average molecular weight is 441 g/mol. The number of hydrogen-bond acceptors (Lipinski definition) is 3. The summed E-state index contributed by atoms with van der Waals surface area (Å²) in [5, 5.41) is 3.43. The lowest BCUT2D eigenvalue weighted by Gasteiger charge is -2.21. The quantitative estimate of drug-likeness (QED) is 0.232. The van der Waals surface area contributed by atoms with Crippen LogP contribution >= 0.6 is 24.0 Å². The van der Waals surface area contributed by atoms with Gasteiger partial charge in [-0.3, -0.25) is 4.99 Å². The van der Waals surface area contributed by atoms with E-state index in [9.17, 15) is 0 Å². The molecule has 0 saturated carbocycles. The van der Waals surface area contributed by atoms with Crippen molar-refractivity contribution in [3.8, 4) is 0 Å². The maximum absolute atomic E-state index is 5.66. The van der Waals surface area contributed by atoms with Crippen molar-refractivity contribution in [2.24, 2.45) is 10.9 Å². The highest BCUT2D eigenvalue weighted by Gasteiger charge is 2.24. The third kappa shape index (κ3) is 10.4. The molecule has 0 amide bonds. The van der Waals surface area contributed by atoms with Gasteiger partial charge in [0.25, 0.3) is 0 Å². The lowest BCUT2D eigenvalue weighted by Crippen LogP contribution is -2.40. The van der Waals surface area contributed by atoms with E-state index in [1.165, 1.54) is 32.1 Å². The summed E-state index contributed by atoms with van der Waals surface area (Å²) in [6, 6.07) is 0. The molecular formula is C17H36IN3O2. The molecule has 1 aliphatic rings. The van der Waals surface area contributed by atoms with Crippen molar-refractivity contribution in [3.05, 3.63) is 0 Å². The monoisotopic (exact) mass is 441 g/mol. The molecule has 138 valence electrons. The number of ether oxygens (including phenoxy) is 2. The number of rotatable bonds is 11. The largest absolute Gasteiger partial charge is 0.382 e. The molecule has 0 radical (unpaired) electrons. The zero-order valence-electron chi connectivity index (χ0n) is 15.2. The molecule has 5 nitrogen and oxygen atoms in total. The van der Waals surface area contributed by atoms with Crippen molar-refractivity contribution >= 4 is 29.9 Å². The zero-order chi connectivity index (χ0) is 16.0. The van der Waals surface area contributed by atoms with Crippen LogP contribution in [0.4, 0.5) is 0 Å². The Kier molecular flexibility index (Phi) is 15.4. The van der Waals surface area contributed by atoms with Crippen molar-refractivity contribution in [1.82, 2.24) is 10.2 Å². The number of unbranched alkanes of at least 4 members (excludes halogenated alkanes) is 3. The number of halogens is 1. The summed E-state index contributed by atoms with van der Waals surface area (Å²) >= 11 is 0. The lowest BCUT2D eigenvalue weighted by molar-refractivity contribution is 0.0536. The first-order valence-corrected chi connectivity index (χ1v) is 8.91. The second-order valence-corrected chi connectivity index (χ2v) is 5.96. The fraction of sp³-hybridized carbons (Fsp3) is 0.941. The lowest BCUT2D eigenvalue weighted by atomic mass is 10.1. The van der Waals surface area contributed by atoms with Gasteiger partial charge in [-0.25, -0.2) is 0 Å². The molecule has 0 aromatic heterocycles. The molecule has 1 saturated heterocycles. The summed E-state index contributed by atoms with van der Waals surface area (Å²) in [4.78, 5) is 7.16. The number of hydrogen-bond donors (Lipinski definition) is 1. The molecule has 0 aromatic carbocycles. The number of likely N-dealkylation sites (tertiary alicyclic amines) is 1. The molecule has 1 unspecified atom stereocenters. The highest BCUT2D eigenvalue weighted by molar-refractivity contribution is 14.0. The SMILES string of the molecule is CCCCCCN=C(NCC)N1CCC(COCCOC)C1.I. The van der Waals surface area contributed by atoms with Crippen LogP contribution < -0.4 is 5.32 Å². The van der Waals surface area contributed by atoms with Gasteiger partial charge in [0.15, 0.2) is 5.96 Å². The standard InChI is InChI=1S/C17H35N3O2.HI/c1-4-6-7-8-10-19-17(18-5-2)20-11-9-16(14-20)15-22-13-12-21-3;/h16H,4-15H2,1-3H3,(H,18,19);1H. The Bertz CT molecular complexity index is 304. The van der Waals surface area contributed by atoms with E-state index < -0.39 is 0 Å². The van der Waals surface area contributed by atoms with Crippen molar-refractivity contribution < 1.29 is 9.47 Å². The van der Waals surface area contributed by atoms with Gasteiger partial charge in [-0.1, -0.05) is 26.2 Å². The summed E-state index contributed by atoms with van der Waals surface area (Å²) in [7, 11) is 1.71. The maximum Gasteiger partial charge on any atom is 0.193 e. The summed E-state index contributed by atoms with van der Waals surface area (Å²) in [5.74, 6) is 1.69. The Labute approximate surface area is 159 Å². The highest BCUT2D eigenvalue weighted by Crippen LogP contribution is 2.16. The third-order valence-corrected chi connectivity index (χ3v) is 3.98. The number of methoxy groups -OCH3 is 1. The Morgan fingerprint density at radius 3 is 2.74 bits per heavy atom. The fourth-order valence-corrected chi connectivity index (χ4v) is 2.70. The summed E-state index contributed by atoms with van der Waals surface area (Å²) in [6.45, 7) is 10.6. The maximum atomic E-state index is 5.66. The van der Waals surface area contributed by atoms with Crippen LogP contribution in [0, 0.1) is 5.92 Å². The molecule has 0 spiro atoms. The number of nitrogens with one attached hydrogen (secondary N) is 1. The first kappa shape index (κ1) is 22.9. The fourth-order valence-electron chi connectivity index (χ4n) is 2.70. The Morgan fingerprint density at radius 1 is 1.22 bits per heavy atom. The second kappa shape index (κ2) is 15.4. The van der Waals surface area contributed by atoms with Crippen molar-refractivity contribution in [3.63, 3.8) is 0 Å². The van der Waals surface area contributed by atoms with E-state index in [0.29, 0.717) is 19.1 Å². The van der Waals surface area contributed by atoms with E-state index in [0.717, 1.165) is 38.7 Å². The first-order chi connectivity index (χ1) is 10.8. The van der Waals surface area contributed by atoms with E-state index in [1.54, 1.807) is 7.11 Å². The molecule has 6 heteroatoms. The minimum Gasteiger partial charge on any atom is -0.382 e. The summed E-state index contributed by atoms with van der Waals surface area (Å²) in [5.41, 5.74) is 0. The predicted octanol–water partition coefficient (Wildman–Crippen LogP) is 3.14. The van der Waals surface area contributed by atoms with Crippen LogP contribution in [-0.4, -0.2) is 64.0 Å². The number of guanidine groups is 1. The van der Waals surface area contributed by atoms with Crippen LogP contribution in [0.1, 0.15) is 46.0 Å². The molecule has 0 bridgehead atoms. The van der Waals surface area contributed by atoms with Gasteiger partial charge < -0.3 is 19.7 Å². The molecule has 1 atom stereocenters. The highest BCUT2D eigenvalue weighted by atomic mass is 127. The topological polar surface area (TPSA) is 46.1 Å². The predicted molar refractivity (Wildman–Crippen MR) is 108 cm³/mol. The van der Waals surface area contributed by atoms with Crippen molar-refractivity contribution in [1.29, 1.82) is 0 Å². The van der Waals surface area contributed by atoms with E-state index >= 15 is 0 Å². The zero-order valence-corrected chi connectivity index (χ0v) is 17.5. The molecule has 0 aromatic rings. The van der Waals surface area contributed by atoms with Crippen LogP contribution in [0.5, 0.6) is 0 Å². The summed E-state index contributed by atoms with van der Waals surface area (Å²) in [6.07, 6.45) is 6.26. The van der Waals surface area contributed by atoms with E-state index in [2.05, 4.69) is 24.1 Å². The van der Waals surface area contributed by atoms with Crippen molar-refractivity contribution in [2.75, 3.05) is 53.1 Å².